The lowest BCUT2D eigenvalue weighted by Crippen LogP contribution is -2.37. The fraction of sp³-hybridized carbons (Fsp3) is 0.793. The van der Waals surface area contributed by atoms with Crippen molar-refractivity contribution in [2.24, 2.45) is 0 Å². The Morgan fingerprint density at radius 2 is 0.750 bits per heavy atom. The van der Waals surface area contributed by atoms with E-state index in [0.29, 0.717) is 19.8 Å². The number of hydrogen-bond acceptors (Lipinski definition) is 3. The number of ether oxygens (including phenoxy) is 3. The highest BCUT2D eigenvalue weighted by atomic mass is 16.9. The first-order chi connectivity index (χ1) is 15.7. The molecule has 0 bridgehead atoms. The molecular formula is C29H54O3. The van der Waals surface area contributed by atoms with Crippen LogP contribution < -0.4 is 0 Å². The normalized spacial score (nSPS) is 12.8. The minimum Gasteiger partial charge on any atom is -0.328 e. The van der Waals surface area contributed by atoms with Crippen molar-refractivity contribution in [3.63, 3.8) is 0 Å². The zero-order chi connectivity index (χ0) is 23.6. The molecule has 32 heavy (non-hydrogen) atoms. The third-order valence-corrected chi connectivity index (χ3v) is 5.35. The maximum Gasteiger partial charge on any atom is 0.279 e. The molecular weight excluding hydrogens is 396 g/mol. The lowest BCUT2D eigenvalue weighted by Gasteiger charge is -2.30. The van der Waals surface area contributed by atoms with E-state index >= 15 is 0 Å². The molecule has 0 aromatic heterocycles. The van der Waals surface area contributed by atoms with Crippen LogP contribution in [0, 0.1) is 0 Å². The topological polar surface area (TPSA) is 27.7 Å². The molecule has 0 unspecified atom stereocenters. The minimum absolute atomic E-state index is 0.692. The molecule has 0 spiro atoms. The molecule has 0 heterocycles. The summed E-state index contributed by atoms with van der Waals surface area (Å²) in [5, 5.41) is 0. The van der Waals surface area contributed by atoms with Crippen LogP contribution in [-0.4, -0.2) is 25.8 Å². The van der Waals surface area contributed by atoms with E-state index in [1.54, 1.807) is 0 Å². The van der Waals surface area contributed by atoms with Gasteiger partial charge in [0.1, 0.15) is 0 Å². The highest BCUT2D eigenvalue weighted by molar-refractivity contribution is 4.80. The van der Waals surface area contributed by atoms with Crippen molar-refractivity contribution in [1.29, 1.82) is 0 Å². The van der Waals surface area contributed by atoms with Crippen molar-refractivity contribution in [3.05, 3.63) is 36.5 Å². The smallest absolute Gasteiger partial charge is 0.279 e. The summed E-state index contributed by atoms with van der Waals surface area (Å²) in [5.74, 6) is -0.910. The molecule has 0 fully saturated rings. The molecule has 0 aromatic carbocycles. The van der Waals surface area contributed by atoms with E-state index in [4.69, 9.17) is 14.2 Å². The molecule has 0 amide bonds. The molecule has 0 aliphatic carbocycles. The van der Waals surface area contributed by atoms with Crippen molar-refractivity contribution in [2.75, 3.05) is 19.8 Å². The molecule has 0 saturated heterocycles. The second-order valence-corrected chi connectivity index (χ2v) is 8.59. The quantitative estimate of drug-likeness (QED) is 0.0832. The van der Waals surface area contributed by atoms with Gasteiger partial charge >= 0.3 is 0 Å². The monoisotopic (exact) mass is 450 g/mol. The van der Waals surface area contributed by atoms with Crippen LogP contribution in [0.4, 0.5) is 0 Å². The van der Waals surface area contributed by atoms with Gasteiger partial charge < -0.3 is 14.2 Å². The highest BCUT2D eigenvalue weighted by Gasteiger charge is 2.26. The van der Waals surface area contributed by atoms with Crippen LogP contribution >= 0.6 is 0 Å². The number of allylic oxidation sites excluding steroid dienone is 6. The Morgan fingerprint density at radius 1 is 0.438 bits per heavy atom. The van der Waals surface area contributed by atoms with E-state index in [1.807, 2.05) is 6.92 Å². The molecule has 3 heteroatoms. The van der Waals surface area contributed by atoms with Crippen LogP contribution in [0.3, 0.4) is 0 Å². The standard InChI is InChI=1S/C29H54O3/c1-5-8-11-14-17-20-23-26-30-29(4,31-27-24-21-18-15-12-9-6-2)32-28-25-22-19-16-13-10-7-3/h8-13H,5-7,14-28H2,1-4H3/b11-8-,12-9-,13-10-. The van der Waals surface area contributed by atoms with Gasteiger partial charge in [0.2, 0.25) is 0 Å². The Balaban J connectivity index is 4.15. The van der Waals surface area contributed by atoms with E-state index in [0.717, 1.165) is 38.5 Å². The first-order valence-electron chi connectivity index (χ1n) is 13.5. The molecule has 0 aromatic rings. The summed E-state index contributed by atoms with van der Waals surface area (Å²) in [6, 6.07) is 0. The van der Waals surface area contributed by atoms with Crippen LogP contribution in [0.1, 0.15) is 124 Å². The van der Waals surface area contributed by atoms with Crippen LogP contribution in [-0.2, 0) is 14.2 Å². The van der Waals surface area contributed by atoms with Crippen LogP contribution in [0.25, 0.3) is 0 Å². The maximum atomic E-state index is 6.09. The van der Waals surface area contributed by atoms with Gasteiger partial charge in [-0.05, 0) is 77.0 Å². The Hall–Kier alpha value is -0.900. The number of hydrogen-bond donors (Lipinski definition) is 0. The molecule has 0 radical (unpaired) electrons. The van der Waals surface area contributed by atoms with Gasteiger partial charge in [-0.3, -0.25) is 0 Å². The van der Waals surface area contributed by atoms with E-state index in [2.05, 4.69) is 57.2 Å². The van der Waals surface area contributed by atoms with Gasteiger partial charge in [-0.1, -0.05) is 76.5 Å². The van der Waals surface area contributed by atoms with Crippen molar-refractivity contribution >= 4 is 0 Å². The number of rotatable bonds is 24. The SMILES string of the molecule is CC/C=C\CCCCCOC(C)(OCCCCC/C=C\CC)OCCCCC/C=C\CC. The average molecular weight is 451 g/mol. The van der Waals surface area contributed by atoms with E-state index in [1.165, 1.54) is 57.8 Å². The maximum absolute atomic E-state index is 6.09. The lowest BCUT2D eigenvalue weighted by molar-refractivity contribution is -0.370. The predicted octanol–water partition coefficient (Wildman–Crippen LogP) is 9.29. The summed E-state index contributed by atoms with van der Waals surface area (Å²) in [6.07, 6.45) is 30.8. The molecule has 0 aliphatic rings. The van der Waals surface area contributed by atoms with Gasteiger partial charge in [0.15, 0.2) is 0 Å². The summed E-state index contributed by atoms with van der Waals surface area (Å²) in [7, 11) is 0. The summed E-state index contributed by atoms with van der Waals surface area (Å²) >= 11 is 0. The lowest BCUT2D eigenvalue weighted by atomic mass is 10.2. The molecule has 0 atom stereocenters. The highest BCUT2D eigenvalue weighted by Crippen LogP contribution is 2.18. The van der Waals surface area contributed by atoms with Gasteiger partial charge in [0.25, 0.3) is 5.97 Å². The summed E-state index contributed by atoms with van der Waals surface area (Å²) in [6.45, 7) is 10.6. The van der Waals surface area contributed by atoms with Gasteiger partial charge in [-0.25, -0.2) is 0 Å². The first kappa shape index (κ1) is 31.1. The predicted molar refractivity (Wildman–Crippen MR) is 140 cm³/mol. The van der Waals surface area contributed by atoms with Gasteiger partial charge in [0.05, 0.1) is 19.8 Å². The Morgan fingerprint density at radius 3 is 1.03 bits per heavy atom. The van der Waals surface area contributed by atoms with Gasteiger partial charge in [0, 0.05) is 6.92 Å². The largest absolute Gasteiger partial charge is 0.328 e. The summed E-state index contributed by atoms with van der Waals surface area (Å²) in [5.41, 5.74) is 0. The third-order valence-electron chi connectivity index (χ3n) is 5.35. The van der Waals surface area contributed by atoms with E-state index in [-0.39, 0.29) is 0 Å². The summed E-state index contributed by atoms with van der Waals surface area (Å²) in [4.78, 5) is 0. The molecule has 3 nitrogen and oxygen atoms in total. The molecule has 0 aliphatic heterocycles. The third kappa shape index (κ3) is 22.3. The zero-order valence-corrected chi connectivity index (χ0v) is 21.9. The van der Waals surface area contributed by atoms with Crippen molar-refractivity contribution in [1.82, 2.24) is 0 Å². The van der Waals surface area contributed by atoms with Crippen molar-refractivity contribution in [3.8, 4) is 0 Å². The van der Waals surface area contributed by atoms with Crippen LogP contribution in [0.15, 0.2) is 36.5 Å². The molecule has 0 saturated carbocycles. The Bertz CT molecular complexity index is 389. The number of unbranched alkanes of at least 4 members (excludes halogenated alkanes) is 9. The molecule has 188 valence electrons. The van der Waals surface area contributed by atoms with Crippen LogP contribution in [0.2, 0.25) is 0 Å². The zero-order valence-electron chi connectivity index (χ0n) is 21.9. The fourth-order valence-electron chi connectivity index (χ4n) is 3.37. The van der Waals surface area contributed by atoms with E-state index in [9.17, 15) is 0 Å². The van der Waals surface area contributed by atoms with Gasteiger partial charge in [-0.15, -0.1) is 0 Å². The van der Waals surface area contributed by atoms with Gasteiger partial charge in [-0.2, -0.15) is 0 Å². The first-order valence-corrected chi connectivity index (χ1v) is 13.5. The Labute approximate surface area is 200 Å². The Kier molecular flexibility index (Phi) is 24.0. The van der Waals surface area contributed by atoms with E-state index < -0.39 is 5.97 Å². The van der Waals surface area contributed by atoms with Crippen LogP contribution in [0.5, 0.6) is 0 Å². The van der Waals surface area contributed by atoms with Crippen molar-refractivity contribution < 1.29 is 14.2 Å². The second-order valence-electron chi connectivity index (χ2n) is 8.59. The van der Waals surface area contributed by atoms with Crippen molar-refractivity contribution in [2.45, 2.75) is 130 Å². The summed E-state index contributed by atoms with van der Waals surface area (Å²) < 4.78 is 18.3. The minimum atomic E-state index is -0.910. The second kappa shape index (κ2) is 24.7. The molecule has 0 rings (SSSR count). The molecule has 0 N–H and O–H groups in total. The average Bonchev–Trinajstić information content (AvgIpc) is 2.79. The fourth-order valence-corrected chi connectivity index (χ4v) is 3.37.